The predicted octanol–water partition coefficient (Wildman–Crippen LogP) is 1.86. The average Bonchev–Trinajstić information content (AvgIpc) is 2.04. The number of hydrogen-bond acceptors (Lipinski definition) is 0. The molecule has 0 radical (unpaired) electrons. The predicted molar refractivity (Wildman–Crippen MR) is 46.4 cm³/mol. The molecule has 1 heterocycles. The van der Waals surface area contributed by atoms with Gasteiger partial charge in [-0.15, -0.1) is 0 Å². The maximum Gasteiger partial charge on any atom is 0.171 e. The Balaban J connectivity index is 2.99. The van der Waals surface area contributed by atoms with E-state index >= 15 is 0 Å². The van der Waals surface area contributed by atoms with E-state index in [-0.39, 0.29) is 0 Å². The summed E-state index contributed by atoms with van der Waals surface area (Å²) in [4.78, 5) is 0. The fourth-order valence-electron chi connectivity index (χ4n) is 1.29. The summed E-state index contributed by atoms with van der Waals surface area (Å²) in [5.74, 6) is 0. The summed E-state index contributed by atoms with van der Waals surface area (Å²) in [5.41, 5.74) is 2.85. The van der Waals surface area contributed by atoms with Gasteiger partial charge in [0.1, 0.15) is 6.54 Å². The van der Waals surface area contributed by atoms with Crippen LogP contribution in [0, 0.1) is 6.92 Å². The number of hydrogen-bond donors (Lipinski definition) is 0. The molecule has 0 aliphatic rings. The third-order valence-corrected chi connectivity index (χ3v) is 2.08. The van der Waals surface area contributed by atoms with Crippen molar-refractivity contribution in [2.45, 2.75) is 33.7 Å². The van der Waals surface area contributed by atoms with Crippen LogP contribution in [0.15, 0.2) is 18.5 Å². The Labute approximate surface area is 68.7 Å². The van der Waals surface area contributed by atoms with Gasteiger partial charge >= 0.3 is 0 Å². The van der Waals surface area contributed by atoms with Gasteiger partial charge in [-0.1, -0.05) is 6.92 Å². The molecule has 1 rings (SSSR count). The Morgan fingerprint density at radius 3 is 2.55 bits per heavy atom. The Morgan fingerprint density at radius 1 is 1.36 bits per heavy atom. The molecule has 1 nitrogen and oxygen atoms in total. The summed E-state index contributed by atoms with van der Waals surface area (Å²) in [6, 6.07) is 2.21. The highest BCUT2D eigenvalue weighted by Crippen LogP contribution is 2.03. The summed E-state index contributed by atoms with van der Waals surface area (Å²) in [5, 5.41) is 0. The van der Waals surface area contributed by atoms with Gasteiger partial charge in [0.05, 0.1) is 0 Å². The molecule has 0 aliphatic carbocycles. The van der Waals surface area contributed by atoms with Crippen molar-refractivity contribution < 1.29 is 4.57 Å². The minimum atomic E-state index is 1.06. The Hall–Kier alpha value is -0.850. The zero-order chi connectivity index (χ0) is 8.27. The van der Waals surface area contributed by atoms with Crippen molar-refractivity contribution in [2.24, 2.45) is 0 Å². The first kappa shape index (κ1) is 8.25. The molecule has 1 aromatic heterocycles. The van der Waals surface area contributed by atoms with Crippen LogP contribution in [0.5, 0.6) is 0 Å². The molecule has 0 N–H and O–H groups in total. The van der Waals surface area contributed by atoms with Gasteiger partial charge in [-0.3, -0.25) is 0 Å². The molecule has 0 atom stereocenters. The number of nitrogens with zero attached hydrogens (tertiary/aromatic N) is 1. The highest BCUT2D eigenvalue weighted by molar-refractivity contribution is 5.18. The van der Waals surface area contributed by atoms with E-state index < -0.39 is 0 Å². The molecule has 0 aromatic carbocycles. The molecule has 0 fully saturated rings. The topological polar surface area (TPSA) is 3.88 Å². The van der Waals surface area contributed by atoms with E-state index in [0.717, 1.165) is 13.0 Å². The van der Waals surface area contributed by atoms with Crippen LogP contribution in [0.25, 0.3) is 0 Å². The lowest BCUT2D eigenvalue weighted by atomic mass is 10.1. The number of pyridine rings is 1. The van der Waals surface area contributed by atoms with Crippen LogP contribution in [0.4, 0.5) is 0 Å². The molecule has 0 amide bonds. The van der Waals surface area contributed by atoms with Crippen molar-refractivity contribution in [3.63, 3.8) is 0 Å². The van der Waals surface area contributed by atoms with Gasteiger partial charge in [0.15, 0.2) is 12.4 Å². The van der Waals surface area contributed by atoms with Gasteiger partial charge in [-0.2, -0.15) is 0 Å². The minimum Gasteiger partial charge on any atom is -0.205 e. The second-order valence-corrected chi connectivity index (χ2v) is 2.84. The van der Waals surface area contributed by atoms with Crippen LogP contribution in [0.1, 0.15) is 25.0 Å². The lowest BCUT2D eigenvalue weighted by molar-refractivity contribution is -0.693. The summed E-state index contributed by atoms with van der Waals surface area (Å²) >= 11 is 0. The fraction of sp³-hybridized carbons (Fsp3) is 0.500. The SMILES string of the molecule is CCc1cc[n+](CC)cc1C. The van der Waals surface area contributed by atoms with Gasteiger partial charge in [-0.05, 0) is 25.8 Å². The quantitative estimate of drug-likeness (QED) is 0.567. The molecule has 1 heteroatoms. The van der Waals surface area contributed by atoms with Gasteiger partial charge in [0, 0.05) is 11.6 Å². The van der Waals surface area contributed by atoms with Crippen molar-refractivity contribution >= 4 is 0 Å². The highest BCUT2D eigenvalue weighted by Gasteiger charge is 2.00. The van der Waals surface area contributed by atoms with E-state index in [9.17, 15) is 0 Å². The molecule has 0 spiro atoms. The molecule has 0 aliphatic heterocycles. The van der Waals surface area contributed by atoms with E-state index in [1.807, 2.05) is 0 Å². The maximum absolute atomic E-state index is 2.21. The van der Waals surface area contributed by atoms with E-state index in [1.165, 1.54) is 11.1 Å². The zero-order valence-electron chi connectivity index (χ0n) is 7.59. The second-order valence-electron chi connectivity index (χ2n) is 2.84. The normalized spacial score (nSPS) is 10.1. The van der Waals surface area contributed by atoms with Crippen LogP contribution < -0.4 is 4.57 Å². The smallest absolute Gasteiger partial charge is 0.171 e. The average molecular weight is 150 g/mol. The molecular formula is C10H16N+. The van der Waals surface area contributed by atoms with Gasteiger partial charge in [-0.25, -0.2) is 4.57 Å². The molecule has 0 saturated heterocycles. The van der Waals surface area contributed by atoms with Gasteiger partial charge in [0.25, 0.3) is 0 Å². The minimum absolute atomic E-state index is 1.06. The third kappa shape index (κ3) is 1.79. The Bertz CT molecular complexity index is 241. The highest BCUT2D eigenvalue weighted by atomic mass is 14.9. The standard InChI is InChI=1S/C10H16N/c1-4-10-6-7-11(5-2)8-9(10)3/h6-8H,4-5H2,1-3H3/q+1. The van der Waals surface area contributed by atoms with Crippen LogP contribution in [-0.2, 0) is 13.0 Å². The van der Waals surface area contributed by atoms with Crippen molar-refractivity contribution in [1.82, 2.24) is 0 Å². The monoisotopic (exact) mass is 150 g/mol. The zero-order valence-corrected chi connectivity index (χ0v) is 7.59. The van der Waals surface area contributed by atoms with Crippen LogP contribution in [0.2, 0.25) is 0 Å². The van der Waals surface area contributed by atoms with Crippen molar-refractivity contribution in [3.05, 3.63) is 29.6 Å². The maximum atomic E-state index is 2.21. The number of aromatic nitrogens is 1. The lowest BCUT2D eigenvalue weighted by Gasteiger charge is -1.99. The van der Waals surface area contributed by atoms with E-state index in [2.05, 4.69) is 43.8 Å². The van der Waals surface area contributed by atoms with Crippen LogP contribution in [-0.4, -0.2) is 0 Å². The van der Waals surface area contributed by atoms with Crippen molar-refractivity contribution in [2.75, 3.05) is 0 Å². The molecular weight excluding hydrogens is 134 g/mol. The Morgan fingerprint density at radius 2 is 2.09 bits per heavy atom. The summed E-state index contributed by atoms with van der Waals surface area (Å²) in [6.07, 6.45) is 5.49. The fourth-order valence-corrected chi connectivity index (χ4v) is 1.29. The van der Waals surface area contributed by atoms with Crippen LogP contribution in [0.3, 0.4) is 0 Å². The summed E-state index contributed by atoms with van der Waals surface area (Å²) < 4.78 is 2.20. The number of rotatable bonds is 2. The summed E-state index contributed by atoms with van der Waals surface area (Å²) in [7, 11) is 0. The van der Waals surface area contributed by atoms with Gasteiger partial charge < -0.3 is 0 Å². The second kappa shape index (κ2) is 3.51. The summed E-state index contributed by atoms with van der Waals surface area (Å²) in [6.45, 7) is 7.58. The molecule has 0 bridgehead atoms. The van der Waals surface area contributed by atoms with E-state index in [1.54, 1.807) is 0 Å². The first-order chi connectivity index (χ1) is 5.27. The van der Waals surface area contributed by atoms with E-state index in [4.69, 9.17) is 0 Å². The third-order valence-electron chi connectivity index (χ3n) is 2.08. The first-order valence-corrected chi connectivity index (χ1v) is 4.26. The van der Waals surface area contributed by atoms with Crippen LogP contribution >= 0.6 is 0 Å². The molecule has 60 valence electrons. The largest absolute Gasteiger partial charge is 0.205 e. The van der Waals surface area contributed by atoms with Gasteiger partial charge in [0.2, 0.25) is 0 Å². The van der Waals surface area contributed by atoms with Crippen molar-refractivity contribution in [3.8, 4) is 0 Å². The van der Waals surface area contributed by atoms with Crippen molar-refractivity contribution in [1.29, 1.82) is 0 Å². The molecule has 1 aromatic rings. The van der Waals surface area contributed by atoms with E-state index in [0.29, 0.717) is 0 Å². The first-order valence-electron chi connectivity index (χ1n) is 4.26. The molecule has 0 saturated carbocycles. The lowest BCUT2D eigenvalue weighted by Crippen LogP contribution is -2.31. The molecule has 0 unspecified atom stereocenters. The Kier molecular flexibility index (Phi) is 2.64. The molecule has 11 heavy (non-hydrogen) atoms. The number of aryl methyl sites for hydroxylation is 3.